The van der Waals surface area contributed by atoms with Crippen molar-refractivity contribution in [3.05, 3.63) is 0 Å². The molecule has 1 aliphatic heterocycles. The van der Waals surface area contributed by atoms with E-state index in [0.29, 0.717) is 13.0 Å². The molecule has 0 aliphatic carbocycles. The molecule has 0 spiro atoms. The van der Waals surface area contributed by atoms with Crippen LogP contribution in [-0.4, -0.2) is 71.7 Å². The molecular weight excluding hydrogens is 268 g/mol. The van der Waals surface area contributed by atoms with Gasteiger partial charge >= 0.3 is 5.97 Å². The van der Waals surface area contributed by atoms with E-state index in [1.165, 1.54) is 7.11 Å². The van der Waals surface area contributed by atoms with Gasteiger partial charge in [0.2, 0.25) is 0 Å². The summed E-state index contributed by atoms with van der Waals surface area (Å²) in [6, 6.07) is 0. The molecule has 5 atom stereocenters. The van der Waals surface area contributed by atoms with Crippen LogP contribution in [0.2, 0.25) is 0 Å². The van der Waals surface area contributed by atoms with Gasteiger partial charge < -0.3 is 28.4 Å². The molecule has 7 heteroatoms. The summed E-state index contributed by atoms with van der Waals surface area (Å²) in [6.07, 6.45) is -1.56. The summed E-state index contributed by atoms with van der Waals surface area (Å²) in [7, 11) is 6.10. The summed E-state index contributed by atoms with van der Waals surface area (Å²) < 4.78 is 31.9. The molecule has 1 aliphatic rings. The van der Waals surface area contributed by atoms with Gasteiger partial charge in [0.25, 0.3) is 0 Å². The summed E-state index contributed by atoms with van der Waals surface area (Å²) >= 11 is 0. The first-order valence-corrected chi connectivity index (χ1v) is 6.50. The van der Waals surface area contributed by atoms with Gasteiger partial charge in [-0.2, -0.15) is 0 Å². The highest BCUT2D eigenvalue weighted by Crippen LogP contribution is 2.26. The van der Waals surface area contributed by atoms with Crippen molar-refractivity contribution in [2.45, 2.75) is 44.1 Å². The van der Waals surface area contributed by atoms with Gasteiger partial charge in [-0.25, -0.2) is 4.79 Å². The average molecular weight is 292 g/mol. The summed E-state index contributed by atoms with van der Waals surface area (Å²) in [4.78, 5) is 11.4. The van der Waals surface area contributed by atoms with Gasteiger partial charge in [0.1, 0.15) is 12.2 Å². The van der Waals surface area contributed by atoms with Crippen LogP contribution >= 0.6 is 0 Å². The Kier molecular flexibility index (Phi) is 7.39. The third-order valence-electron chi connectivity index (χ3n) is 3.28. The van der Waals surface area contributed by atoms with Gasteiger partial charge in [0.15, 0.2) is 12.4 Å². The topological polar surface area (TPSA) is 72.5 Å². The highest BCUT2D eigenvalue weighted by atomic mass is 16.7. The fourth-order valence-electron chi connectivity index (χ4n) is 2.26. The molecule has 7 nitrogen and oxygen atoms in total. The quantitative estimate of drug-likeness (QED) is 0.627. The minimum Gasteiger partial charge on any atom is -0.467 e. The Morgan fingerprint density at radius 2 is 1.95 bits per heavy atom. The summed E-state index contributed by atoms with van der Waals surface area (Å²) in [5.41, 5.74) is 0. The highest BCUT2D eigenvalue weighted by molar-refractivity contribution is 5.73. The fourth-order valence-corrected chi connectivity index (χ4v) is 2.26. The van der Waals surface area contributed by atoms with E-state index in [9.17, 15) is 4.79 Å². The molecule has 1 saturated heterocycles. The van der Waals surface area contributed by atoms with Gasteiger partial charge in [-0.1, -0.05) is 0 Å². The Balaban J connectivity index is 2.67. The third-order valence-corrected chi connectivity index (χ3v) is 3.28. The maximum Gasteiger partial charge on any atom is 0.334 e. The van der Waals surface area contributed by atoms with Gasteiger partial charge in [0, 0.05) is 27.8 Å². The SMILES string of the molecule is COC[C@H]1O[C@@H](O[C@@H](C)C(=O)OC)C[C@@H](OC)[C@@H]1OC. The smallest absolute Gasteiger partial charge is 0.334 e. The molecule has 0 aromatic rings. The van der Waals surface area contributed by atoms with Crippen LogP contribution in [0.5, 0.6) is 0 Å². The van der Waals surface area contributed by atoms with Crippen LogP contribution in [0.3, 0.4) is 0 Å². The van der Waals surface area contributed by atoms with Crippen LogP contribution in [0.1, 0.15) is 13.3 Å². The minimum atomic E-state index is -0.704. The third kappa shape index (κ3) is 4.39. The van der Waals surface area contributed by atoms with Crippen molar-refractivity contribution in [1.82, 2.24) is 0 Å². The van der Waals surface area contributed by atoms with E-state index in [2.05, 4.69) is 4.74 Å². The molecule has 0 saturated carbocycles. The molecule has 0 bridgehead atoms. The van der Waals surface area contributed by atoms with E-state index >= 15 is 0 Å². The van der Waals surface area contributed by atoms with Crippen LogP contribution < -0.4 is 0 Å². The number of hydrogen-bond donors (Lipinski definition) is 0. The summed E-state index contributed by atoms with van der Waals surface area (Å²) in [5.74, 6) is -0.445. The van der Waals surface area contributed by atoms with Crippen LogP contribution in [0, 0.1) is 0 Å². The Bertz CT molecular complexity index is 296. The second kappa shape index (κ2) is 8.53. The summed E-state index contributed by atoms with van der Waals surface area (Å²) in [6.45, 7) is 1.97. The monoisotopic (exact) mass is 292 g/mol. The van der Waals surface area contributed by atoms with Crippen molar-refractivity contribution in [3.63, 3.8) is 0 Å². The van der Waals surface area contributed by atoms with Gasteiger partial charge in [-0.15, -0.1) is 0 Å². The van der Waals surface area contributed by atoms with Crippen molar-refractivity contribution >= 4 is 5.97 Å². The van der Waals surface area contributed by atoms with Crippen molar-refractivity contribution in [2.24, 2.45) is 0 Å². The largest absolute Gasteiger partial charge is 0.467 e. The molecular formula is C13H24O7. The molecule has 1 fully saturated rings. The number of methoxy groups -OCH3 is 4. The molecule has 20 heavy (non-hydrogen) atoms. The molecule has 118 valence electrons. The van der Waals surface area contributed by atoms with E-state index < -0.39 is 18.4 Å². The first kappa shape index (κ1) is 17.3. The zero-order valence-electron chi connectivity index (χ0n) is 12.7. The lowest BCUT2D eigenvalue weighted by atomic mass is 10.0. The molecule has 0 aromatic heterocycles. The molecule has 1 heterocycles. The lowest BCUT2D eigenvalue weighted by molar-refractivity contribution is -0.275. The Labute approximate surface area is 119 Å². The van der Waals surface area contributed by atoms with E-state index in [4.69, 9.17) is 23.7 Å². The zero-order valence-corrected chi connectivity index (χ0v) is 12.7. The number of carbonyl (C=O) groups is 1. The lowest BCUT2D eigenvalue weighted by Gasteiger charge is -2.40. The minimum absolute atomic E-state index is 0.191. The molecule has 0 N–H and O–H groups in total. The zero-order chi connectivity index (χ0) is 15.1. The molecule has 0 radical (unpaired) electrons. The number of ether oxygens (including phenoxy) is 6. The maximum atomic E-state index is 11.4. The number of hydrogen-bond acceptors (Lipinski definition) is 7. The molecule has 1 rings (SSSR count). The normalized spacial score (nSPS) is 31.9. The highest BCUT2D eigenvalue weighted by Gasteiger charge is 2.40. The maximum absolute atomic E-state index is 11.4. The van der Waals surface area contributed by atoms with E-state index in [-0.39, 0.29) is 18.3 Å². The Morgan fingerprint density at radius 1 is 1.25 bits per heavy atom. The van der Waals surface area contributed by atoms with E-state index in [1.54, 1.807) is 28.3 Å². The van der Waals surface area contributed by atoms with Gasteiger partial charge in [-0.05, 0) is 6.92 Å². The Hall–Kier alpha value is -0.730. The van der Waals surface area contributed by atoms with E-state index in [0.717, 1.165) is 0 Å². The van der Waals surface area contributed by atoms with Crippen molar-refractivity contribution < 1.29 is 33.2 Å². The molecule has 0 unspecified atom stereocenters. The predicted octanol–water partition coefficient (Wildman–Crippen LogP) is 0.356. The number of rotatable bonds is 7. The first-order chi connectivity index (χ1) is 9.57. The standard InChI is InChI=1S/C13H24O7/c1-8(13(14)18-5)19-11-6-9(16-3)12(17-4)10(20-11)7-15-2/h8-12H,6-7H2,1-5H3/t8-,9+,10+,11+,12-/m0/s1. The fraction of sp³-hybridized carbons (Fsp3) is 0.923. The van der Waals surface area contributed by atoms with Crippen molar-refractivity contribution in [3.8, 4) is 0 Å². The van der Waals surface area contributed by atoms with Crippen LogP contribution in [0.15, 0.2) is 0 Å². The second-order valence-electron chi connectivity index (χ2n) is 4.57. The first-order valence-electron chi connectivity index (χ1n) is 6.50. The van der Waals surface area contributed by atoms with Crippen LogP contribution in [0.25, 0.3) is 0 Å². The van der Waals surface area contributed by atoms with Gasteiger partial charge in [-0.3, -0.25) is 0 Å². The average Bonchev–Trinajstić information content (AvgIpc) is 2.46. The van der Waals surface area contributed by atoms with Crippen molar-refractivity contribution in [2.75, 3.05) is 35.0 Å². The van der Waals surface area contributed by atoms with Crippen LogP contribution in [0.4, 0.5) is 0 Å². The Morgan fingerprint density at radius 3 is 2.45 bits per heavy atom. The lowest BCUT2D eigenvalue weighted by Crippen LogP contribution is -2.53. The number of carbonyl (C=O) groups excluding carboxylic acids is 1. The van der Waals surface area contributed by atoms with Gasteiger partial charge in [0.05, 0.1) is 19.8 Å². The van der Waals surface area contributed by atoms with E-state index in [1.807, 2.05) is 0 Å². The molecule has 0 amide bonds. The predicted molar refractivity (Wildman–Crippen MR) is 69.3 cm³/mol. The molecule has 0 aromatic carbocycles. The van der Waals surface area contributed by atoms with Crippen molar-refractivity contribution in [1.29, 1.82) is 0 Å². The number of esters is 1. The summed E-state index contributed by atoms with van der Waals surface area (Å²) in [5, 5.41) is 0. The second-order valence-corrected chi connectivity index (χ2v) is 4.57. The van der Waals surface area contributed by atoms with Crippen LogP contribution in [-0.2, 0) is 33.2 Å².